The molecule has 4 heteroatoms. The van der Waals surface area contributed by atoms with Crippen LogP contribution < -0.4 is 4.74 Å². The smallest absolute Gasteiger partial charge is 0.128 e. The van der Waals surface area contributed by atoms with Gasteiger partial charge < -0.3 is 9.64 Å². The molecule has 24 heavy (non-hydrogen) atoms. The van der Waals surface area contributed by atoms with Crippen LogP contribution in [0.2, 0.25) is 0 Å². The molecule has 4 nitrogen and oxygen atoms in total. The zero-order valence-corrected chi connectivity index (χ0v) is 14.0. The second kappa shape index (κ2) is 7.70. The van der Waals surface area contributed by atoms with Gasteiger partial charge in [0.15, 0.2) is 0 Å². The van der Waals surface area contributed by atoms with Crippen molar-refractivity contribution in [1.29, 1.82) is 0 Å². The summed E-state index contributed by atoms with van der Waals surface area (Å²) in [4.78, 5) is 10.9. The summed E-state index contributed by atoms with van der Waals surface area (Å²) in [6.45, 7) is 1.51. The quantitative estimate of drug-likeness (QED) is 0.693. The lowest BCUT2D eigenvalue weighted by molar-refractivity contribution is 0.262. The summed E-state index contributed by atoms with van der Waals surface area (Å²) in [5, 5.41) is 0. The summed E-state index contributed by atoms with van der Waals surface area (Å²) in [5.74, 6) is 0.845. The van der Waals surface area contributed by atoms with Crippen molar-refractivity contribution < 1.29 is 4.74 Å². The van der Waals surface area contributed by atoms with Crippen molar-refractivity contribution in [3.8, 4) is 28.3 Å². The van der Waals surface area contributed by atoms with Crippen molar-refractivity contribution in [3.05, 3.63) is 67.0 Å². The van der Waals surface area contributed by atoms with Gasteiger partial charge in [-0.2, -0.15) is 0 Å². The number of benzene rings is 2. The monoisotopic (exact) mass is 319 g/mol. The number of ether oxygens (including phenoxy) is 1. The van der Waals surface area contributed by atoms with E-state index in [9.17, 15) is 0 Å². The molecule has 0 aliphatic carbocycles. The average molecular weight is 319 g/mol. The molecule has 3 aromatic rings. The first-order chi connectivity index (χ1) is 11.7. The van der Waals surface area contributed by atoms with Gasteiger partial charge in [-0.3, -0.25) is 0 Å². The van der Waals surface area contributed by atoms with Gasteiger partial charge >= 0.3 is 0 Å². The molecule has 1 heterocycles. The van der Waals surface area contributed by atoms with Crippen LogP contribution >= 0.6 is 0 Å². The molecule has 122 valence electrons. The lowest BCUT2D eigenvalue weighted by atomic mass is 10.1. The number of rotatable bonds is 6. The van der Waals surface area contributed by atoms with E-state index in [-0.39, 0.29) is 0 Å². The van der Waals surface area contributed by atoms with Crippen LogP contribution in [0.4, 0.5) is 0 Å². The zero-order valence-electron chi connectivity index (χ0n) is 14.0. The minimum absolute atomic E-state index is 0.640. The van der Waals surface area contributed by atoms with Crippen LogP contribution in [0.15, 0.2) is 67.0 Å². The molecule has 0 saturated carbocycles. The minimum Gasteiger partial charge on any atom is -0.492 e. The molecule has 0 atom stereocenters. The molecule has 2 aromatic carbocycles. The summed E-state index contributed by atoms with van der Waals surface area (Å²) in [5.41, 5.74) is 3.83. The molecule has 3 rings (SSSR count). The SMILES string of the molecule is CN(C)CCOc1ccccc1-c1cc(-c2ccccc2)ncn1. The molecule has 0 aliphatic rings. The highest BCUT2D eigenvalue weighted by atomic mass is 16.5. The number of hydrogen-bond acceptors (Lipinski definition) is 4. The summed E-state index contributed by atoms with van der Waals surface area (Å²) < 4.78 is 5.95. The van der Waals surface area contributed by atoms with Gasteiger partial charge in [0.2, 0.25) is 0 Å². The molecule has 0 radical (unpaired) electrons. The van der Waals surface area contributed by atoms with Gasteiger partial charge in [-0.1, -0.05) is 42.5 Å². The van der Waals surface area contributed by atoms with Crippen molar-refractivity contribution in [2.24, 2.45) is 0 Å². The van der Waals surface area contributed by atoms with Gasteiger partial charge in [-0.15, -0.1) is 0 Å². The third-order valence-corrected chi connectivity index (χ3v) is 3.70. The maximum absolute atomic E-state index is 5.95. The summed E-state index contributed by atoms with van der Waals surface area (Å²) >= 11 is 0. The summed E-state index contributed by atoms with van der Waals surface area (Å²) in [7, 11) is 4.07. The maximum Gasteiger partial charge on any atom is 0.128 e. The highest BCUT2D eigenvalue weighted by Crippen LogP contribution is 2.30. The molecular formula is C20H21N3O. The third kappa shape index (κ3) is 3.97. The first kappa shape index (κ1) is 16.1. The Balaban J connectivity index is 1.89. The Kier molecular flexibility index (Phi) is 5.18. The van der Waals surface area contributed by atoms with Crippen molar-refractivity contribution >= 4 is 0 Å². The van der Waals surface area contributed by atoms with Gasteiger partial charge in [-0.25, -0.2) is 9.97 Å². The van der Waals surface area contributed by atoms with Crippen molar-refractivity contribution in [2.45, 2.75) is 0 Å². The number of aromatic nitrogens is 2. The van der Waals surface area contributed by atoms with E-state index in [1.54, 1.807) is 6.33 Å². The molecule has 0 amide bonds. The van der Waals surface area contributed by atoms with E-state index in [0.29, 0.717) is 6.61 Å². The summed E-state index contributed by atoms with van der Waals surface area (Å²) in [6, 6.07) is 20.1. The second-order valence-corrected chi connectivity index (χ2v) is 5.80. The number of nitrogens with zero attached hydrogens (tertiary/aromatic N) is 3. The van der Waals surface area contributed by atoms with Crippen molar-refractivity contribution in [1.82, 2.24) is 14.9 Å². The Hall–Kier alpha value is -2.72. The Morgan fingerprint density at radius 2 is 1.58 bits per heavy atom. The van der Waals surface area contributed by atoms with E-state index in [1.807, 2.05) is 74.8 Å². The van der Waals surface area contributed by atoms with E-state index >= 15 is 0 Å². The lowest BCUT2D eigenvalue weighted by Gasteiger charge is -2.14. The predicted octanol–water partition coefficient (Wildman–Crippen LogP) is 3.75. The first-order valence-electron chi connectivity index (χ1n) is 7.98. The van der Waals surface area contributed by atoms with Crippen LogP contribution in [-0.4, -0.2) is 42.1 Å². The molecule has 0 fully saturated rings. The van der Waals surface area contributed by atoms with Gasteiger partial charge in [0.25, 0.3) is 0 Å². The molecule has 0 N–H and O–H groups in total. The first-order valence-corrected chi connectivity index (χ1v) is 7.98. The number of likely N-dealkylation sites (N-methyl/N-ethyl adjacent to an activating group) is 1. The summed E-state index contributed by atoms with van der Waals surface area (Å²) in [6.07, 6.45) is 1.61. The van der Waals surface area contributed by atoms with Crippen LogP contribution in [0.5, 0.6) is 5.75 Å². The molecular weight excluding hydrogens is 298 g/mol. The van der Waals surface area contributed by atoms with Gasteiger partial charge in [-0.05, 0) is 32.3 Å². The Morgan fingerprint density at radius 3 is 2.38 bits per heavy atom. The fourth-order valence-corrected chi connectivity index (χ4v) is 2.41. The highest BCUT2D eigenvalue weighted by Gasteiger charge is 2.09. The van der Waals surface area contributed by atoms with Crippen molar-refractivity contribution in [2.75, 3.05) is 27.2 Å². The molecule has 0 unspecified atom stereocenters. The predicted molar refractivity (Wildman–Crippen MR) is 97.0 cm³/mol. The van der Waals surface area contributed by atoms with E-state index in [4.69, 9.17) is 4.74 Å². The minimum atomic E-state index is 0.640. The Morgan fingerprint density at radius 1 is 0.875 bits per heavy atom. The van der Waals surface area contributed by atoms with E-state index in [0.717, 1.165) is 34.8 Å². The van der Waals surface area contributed by atoms with Crippen LogP contribution in [0.1, 0.15) is 0 Å². The topological polar surface area (TPSA) is 38.2 Å². The van der Waals surface area contributed by atoms with Crippen LogP contribution in [0.3, 0.4) is 0 Å². The Bertz CT molecular complexity index is 788. The van der Waals surface area contributed by atoms with Crippen molar-refractivity contribution in [3.63, 3.8) is 0 Å². The average Bonchev–Trinajstić information content (AvgIpc) is 2.63. The second-order valence-electron chi connectivity index (χ2n) is 5.80. The molecule has 0 aliphatic heterocycles. The normalized spacial score (nSPS) is 10.8. The van der Waals surface area contributed by atoms with E-state index in [2.05, 4.69) is 14.9 Å². The van der Waals surface area contributed by atoms with Crippen LogP contribution in [-0.2, 0) is 0 Å². The van der Waals surface area contributed by atoms with Crippen LogP contribution in [0.25, 0.3) is 22.5 Å². The lowest BCUT2D eigenvalue weighted by Crippen LogP contribution is -2.19. The van der Waals surface area contributed by atoms with Crippen LogP contribution in [0, 0.1) is 0 Å². The standard InChI is InChI=1S/C20H21N3O/c1-23(2)12-13-24-20-11-7-6-10-17(20)19-14-18(21-15-22-19)16-8-4-3-5-9-16/h3-11,14-15H,12-13H2,1-2H3. The largest absolute Gasteiger partial charge is 0.492 e. The van der Waals surface area contributed by atoms with Gasteiger partial charge in [0.05, 0.1) is 11.4 Å². The molecule has 0 spiro atoms. The Labute approximate surface area is 142 Å². The van der Waals surface area contributed by atoms with Gasteiger partial charge in [0.1, 0.15) is 18.7 Å². The number of hydrogen-bond donors (Lipinski definition) is 0. The fourth-order valence-electron chi connectivity index (χ4n) is 2.41. The number of para-hydroxylation sites is 1. The third-order valence-electron chi connectivity index (χ3n) is 3.70. The van der Waals surface area contributed by atoms with E-state index < -0.39 is 0 Å². The molecule has 1 aromatic heterocycles. The maximum atomic E-state index is 5.95. The zero-order chi connectivity index (χ0) is 16.8. The van der Waals surface area contributed by atoms with E-state index in [1.165, 1.54) is 0 Å². The molecule has 0 bridgehead atoms. The highest BCUT2D eigenvalue weighted by molar-refractivity contribution is 5.71. The van der Waals surface area contributed by atoms with Gasteiger partial charge in [0, 0.05) is 17.7 Å². The fraction of sp³-hybridized carbons (Fsp3) is 0.200. The molecule has 0 saturated heterocycles.